The van der Waals surface area contributed by atoms with Crippen molar-refractivity contribution in [2.75, 3.05) is 49.1 Å². The molecule has 1 aromatic heterocycles. The lowest BCUT2D eigenvalue weighted by Gasteiger charge is -2.39. The van der Waals surface area contributed by atoms with Crippen molar-refractivity contribution < 1.29 is 18.6 Å². The van der Waals surface area contributed by atoms with Crippen LogP contribution >= 0.6 is 11.6 Å². The fourth-order valence-electron chi connectivity index (χ4n) is 8.32. The summed E-state index contributed by atoms with van der Waals surface area (Å²) < 4.78 is 35.5. The summed E-state index contributed by atoms with van der Waals surface area (Å²) in [4.78, 5) is 11.9. The number of hydrogen-bond acceptors (Lipinski definition) is 7. The quantitative estimate of drug-likeness (QED) is 0.421. The highest BCUT2D eigenvalue weighted by Gasteiger charge is 2.49. The number of piperazine rings is 1. The molecule has 42 heavy (non-hydrogen) atoms. The summed E-state index contributed by atoms with van der Waals surface area (Å²) in [6.07, 6.45) is 4.86. The molecule has 5 aliphatic heterocycles. The van der Waals surface area contributed by atoms with Gasteiger partial charge in [-0.15, -0.1) is 0 Å². The van der Waals surface area contributed by atoms with Gasteiger partial charge in [-0.3, -0.25) is 4.90 Å². The van der Waals surface area contributed by atoms with Gasteiger partial charge in [0, 0.05) is 73.5 Å². The largest absolute Gasteiger partial charge is 0.508 e. The van der Waals surface area contributed by atoms with Crippen molar-refractivity contribution in [1.29, 1.82) is 0 Å². The molecule has 0 radical (unpaired) electrons. The lowest BCUT2D eigenvalue weighted by atomic mass is 9.95. The zero-order chi connectivity index (χ0) is 28.6. The number of hydrogen-bond donors (Lipinski definition) is 2. The van der Waals surface area contributed by atoms with Crippen LogP contribution in [0.4, 0.5) is 20.2 Å². The first kappa shape index (κ1) is 26.7. The molecule has 4 fully saturated rings. The Labute approximate surface area is 249 Å². The molecule has 4 atom stereocenters. The number of aromatic nitrogens is 1. The topological polar surface area (TPSA) is 64.1 Å². The smallest absolute Gasteiger partial charge is 0.215 e. The Morgan fingerprint density at radius 3 is 2.74 bits per heavy atom. The van der Waals surface area contributed by atoms with Crippen LogP contribution in [0.25, 0.3) is 10.8 Å². The van der Waals surface area contributed by atoms with Gasteiger partial charge >= 0.3 is 0 Å². The monoisotopic (exact) mass is 595 g/mol. The van der Waals surface area contributed by atoms with Gasteiger partial charge in [-0.2, -0.15) is 0 Å². The van der Waals surface area contributed by atoms with Crippen molar-refractivity contribution in [3.8, 4) is 11.6 Å². The van der Waals surface area contributed by atoms with Crippen LogP contribution in [-0.4, -0.2) is 78.1 Å². The number of fused-ring (bicyclic) bond motifs is 5. The summed E-state index contributed by atoms with van der Waals surface area (Å²) in [7, 11) is 0. The minimum atomic E-state index is -0.806. The molecule has 0 aliphatic carbocycles. The Balaban J connectivity index is 1.16. The van der Waals surface area contributed by atoms with Crippen LogP contribution in [0.3, 0.4) is 0 Å². The van der Waals surface area contributed by atoms with Crippen molar-refractivity contribution in [3.05, 3.63) is 52.4 Å². The molecular weight excluding hydrogens is 560 g/mol. The molecule has 7 nitrogen and oxygen atoms in total. The number of nitrogens with zero attached hydrogens (tertiary/aromatic N) is 4. The lowest BCUT2D eigenvalue weighted by molar-refractivity contribution is 0.110. The molecule has 2 unspecified atom stereocenters. The summed E-state index contributed by atoms with van der Waals surface area (Å²) in [5.74, 6) is 0.196. The number of phenolic OH excluding ortho intramolecular Hbond substituents is 1. The molecule has 222 valence electrons. The first-order valence-corrected chi connectivity index (χ1v) is 15.6. The SMILES string of the molecule is Oc1cc(N2CCc3c(N4CC5CCC(C4)N5)cc(OC[C@@]45CCCN4C[C@H](F)C5)nc3C2)c2c(Cl)c(F)ccc2c1. The number of nitrogens with one attached hydrogen (secondary N) is 1. The van der Waals surface area contributed by atoms with E-state index in [4.69, 9.17) is 21.3 Å². The molecule has 0 saturated carbocycles. The van der Waals surface area contributed by atoms with E-state index >= 15 is 0 Å². The lowest BCUT2D eigenvalue weighted by Crippen LogP contribution is -2.51. The summed E-state index contributed by atoms with van der Waals surface area (Å²) in [6.45, 7) is 4.90. The third-order valence-electron chi connectivity index (χ3n) is 10.3. The van der Waals surface area contributed by atoms with Crippen LogP contribution < -0.4 is 19.9 Å². The van der Waals surface area contributed by atoms with E-state index in [9.17, 15) is 13.9 Å². The average molecular weight is 596 g/mol. The molecule has 2 bridgehead atoms. The second-order valence-corrected chi connectivity index (χ2v) is 13.3. The number of phenols is 1. The predicted molar refractivity (Wildman–Crippen MR) is 160 cm³/mol. The highest BCUT2D eigenvalue weighted by Crippen LogP contribution is 2.43. The van der Waals surface area contributed by atoms with Gasteiger partial charge in [-0.05, 0) is 56.2 Å². The van der Waals surface area contributed by atoms with E-state index in [0.717, 1.165) is 44.6 Å². The second-order valence-electron chi connectivity index (χ2n) is 12.9. The van der Waals surface area contributed by atoms with Crippen molar-refractivity contribution in [2.45, 2.75) is 68.9 Å². The fourth-order valence-corrected chi connectivity index (χ4v) is 8.58. The van der Waals surface area contributed by atoms with E-state index in [1.807, 2.05) is 0 Å². The highest BCUT2D eigenvalue weighted by atomic mass is 35.5. The average Bonchev–Trinajstić information content (AvgIpc) is 3.63. The third kappa shape index (κ3) is 4.47. The third-order valence-corrected chi connectivity index (χ3v) is 10.6. The number of anilines is 2. The summed E-state index contributed by atoms with van der Waals surface area (Å²) >= 11 is 6.48. The summed E-state index contributed by atoms with van der Waals surface area (Å²) in [6, 6.07) is 9.33. The predicted octanol–water partition coefficient (Wildman–Crippen LogP) is 5.19. The van der Waals surface area contributed by atoms with Crippen molar-refractivity contribution in [2.24, 2.45) is 0 Å². The van der Waals surface area contributed by atoms with Gasteiger partial charge in [0.1, 0.15) is 24.3 Å². The summed E-state index contributed by atoms with van der Waals surface area (Å²) in [5, 5.41) is 15.6. The number of aromatic hydroxyl groups is 1. The van der Waals surface area contributed by atoms with Crippen molar-refractivity contribution in [1.82, 2.24) is 15.2 Å². The molecule has 3 aromatic rings. The molecule has 6 heterocycles. The second kappa shape index (κ2) is 10.1. The molecule has 4 saturated heterocycles. The van der Waals surface area contributed by atoms with Crippen LogP contribution in [0, 0.1) is 5.82 Å². The normalized spacial score (nSPS) is 28.9. The van der Waals surface area contributed by atoms with Gasteiger partial charge in [0.25, 0.3) is 0 Å². The van der Waals surface area contributed by atoms with Gasteiger partial charge in [0.05, 0.1) is 28.5 Å². The van der Waals surface area contributed by atoms with Gasteiger partial charge < -0.3 is 25.0 Å². The number of ether oxygens (including phenoxy) is 1. The first-order chi connectivity index (χ1) is 20.3. The van der Waals surface area contributed by atoms with Crippen LogP contribution in [0.2, 0.25) is 5.02 Å². The van der Waals surface area contributed by atoms with E-state index in [1.165, 1.54) is 30.2 Å². The Morgan fingerprint density at radius 1 is 1.07 bits per heavy atom. The van der Waals surface area contributed by atoms with E-state index in [1.54, 1.807) is 18.2 Å². The van der Waals surface area contributed by atoms with Crippen LogP contribution in [0.15, 0.2) is 30.3 Å². The maximum atomic E-state index is 14.6. The molecule has 5 aliphatic rings. The molecule has 0 amide bonds. The van der Waals surface area contributed by atoms with Gasteiger partial charge in [-0.25, -0.2) is 13.8 Å². The minimum absolute atomic E-state index is 0.0541. The Bertz CT molecular complexity index is 1550. The maximum absolute atomic E-state index is 14.6. The van der Waals surface area contributed by atoms with Crippen LogP contribution in [0.5, 0.6) is 11.6 Å². The van der Waals surface area contributed by atoms with E-state index in [2.05, 4.69) is 26.1 Å². The maximum Gasteiger partial charge on any atom is 0.215 e. The fraction of sp³-hybridized carbons (Fsp3) is 0.531. The van der Waals surface area contributed by atoms with Gasteiger partial charge in [-0.1, -0.05) is 17.7 Å². The van der Waals surface area contributed by atoms with Crippen molar-refractivity contribution >= 4 is 33.7 Å². The molecule has 2 aromatic carbocycles. The Hall–Kier alpha value is -2.88. The standard InChI is InChI=1S/C32H36ClF2N5O2/c33-31-25(35)5-2-19-10-23(41)11-28(30(19)31)38-9-6-24-26(17-38)37-29(12-27(24)39-15-21-3-4-22(16-39)36-21)42-18-32-7-1-8-40(32)14-20(34)13-32/h2,5,10-12,20-22,36,41H,1,3-4,6-9,13-18H2/t20-,21?,22?,32+/m1/s1. The number of pyridine rings is 1. The zero-order valence-electron chi connectivity index (χ0n) is 23.6. The molecular formula is C32H36ClF2N5O2. The van der Waals surface area contributed by atoms with E-state index < -0.39 is 12.0 Å². The van der Waals surface area contributed by atoms with E-state index in [0.29, 0.717) is 67.1 Å². The molecule has 8 rings (SSSR count). The number of alkyl halides is 1. The van der Waals surface area contributed by atoms with Gasteiger partial charge in [0.2, 0.25) is 5.88 Å². The Morgan fingerprint density at radius 2 is 1.90 bits per heavy atom. The van der Waals surface area contributed by atoms with Crippen LogP contribution in [-0.2, 0) is 13.0 Å². The molecule has 10 heteroatoms. The first-order valence-electron chi connectivity index (χ1n) is 15.3. The molecule has 2 N–H and O–H groups in total. The van der Waals surface area contributed by atoms with Crippen molar-refractivity contribution in [3.63, 3.8) is 0 Å². The number of rotatable bonds is 5. The van der Waals surface area contributed by atoms with Crippen LogP contribution in [0.1, 0.15) is 43.4 Å². The van der Waals surface area contributed by atoms with E-state index in [-0.39, 0.29) is 16.3 Å². The Kier molecular flexibility index (Phi) is 6.43. The minimum Gasteiger partial charge on any atom is -0.508 e. The highest BCUT2D eigenvalue weighted by molar-refractivity contribution is 6.36. The zero-order valence-corrected chi connectivity index (χ0v) is 24.3. The molecule has 0 spiro atoms. The number of halogens is 3. The summed E-state index contributed by atoms with van der Waals surface area (Å²) in [5.41, 5.74) is 3.74. The van der Waals surface area contributed by atoms with Gasteiger partial charge in [0.15, 0.2) is 0 Å². The number of benzene rings is 2.